The van der Waals surface area contributed by atoms with Crippen molar-refractivity contribution in [2.45, 2.75) is 19.3 Å². The van der Waals surface area contributed by atoms with Crippen LogP contribution in [0.5, 0.6) is 5.75 Å². The van der Waals surface area contributed by atoms with Crippen molar-refractivity contribution in [1.82, 2.24) is 10.2 Å². The number of ether oxygens (including phenoxy) is 1. The van der Waals surface area contributed by atoms with Gasteiger partial charge in [-0.2, -0.15) is 13.2 Å². The van der Waals surface area contributed by atoms with Crippen molar-refractivity contribution in [2.75, 3.05) is 14.2 Å². The quantitative estimate of drug-likeness (QED) is 0.799. The van der Waals surface area contributed by atoms with Gasteiger partial charge in [-0.05, 0) is 47.6 Å². The molecule has 0 aromatic heterocycles. The van der Waals surface area contributed by atoms with Crippen LogP contribution in [-0.2, 0) is 19.3 Å². The fourth-order valence-electron chi connectivity index (χ4n) is 2.20. The molecule has 2 rings (SSSR count). The third-order valence-corrected chi connectivity index (χ3v) is 4.11. The molecule has 0 radical (unpaired) electrons. The molecule has 0 aliphatic rings. The molecule has 1 N–H and O–H groups in total. The Balaban J connectivity index is 1.87. The minimum atomic E-state index is -4.32. The van der Waals surface area contributed by atoms with Crippen molar-refractivity contribution in [3.8, 4) is 5.75 Å². The average Bonchev–Trinajstić information content (AvgIpc) is 2.59. The molecule has 0 atom stereocenters. The fourth-order valence-corrected chi connectivity index (χ4v) is 2.34. The van der Waals surface area contributed by atoms with Crippen molar-refractivity contribution in [2.24, 2.45) is 0 Å². The highest BCUT2D eigenvalue weighted by molar-refractivity contribution is 7.80. The van der Waals surface area contributed by atoms with Gasteiger partial charge in [-0.25, -0.2) is 0 Å². The summed E-state index contributed by atoms with van der Waals surface area (Å²) in [5.74, 6) is 0.783. The van der Waals surface area contributed by atoms with Gasteiger partial charge in [-0.3, -0.25) is 0 Å². The summed E-state index contributed by atoms with van der Waals surface area (Å²) in [5, 5.41) is 3.65. The zero-order chi connectivity index (χ0) is 18.4. The molecule has 7 heteroatoms. The van der Waals surface area contributed by atoms with Crippen LogP contribution in [0.2, 0.25) is 0 Å². The molecule has 0 aliphatic heterocycles. The lowest BCUT2D eigenvalue weighted by Crippen LogP contribution is -2.36. The summed E-state index contributed by atoms with van der Waals surface area (Å²) in [6.45, 7) is 0.979. The summed E-state index contributed by atoms with van der Waals surface area (Å²) in [7, 11) is 3.40. The van der Waals surface area contributed by atoms with E-state index in [2.05, 4.69) is 5.32 Å². The molecule has 134 valence electrons. The molecule has 0 saturated carbocycles. The standard InChI is InChI=1S/C18H19F3N2OS/c1-23(12-14-3-7-15(8-4-14)18(19,20)21)17(25)22-11-13-5-9-16(24-2)10-6-13/h3-10H,11-12H2,1-2H3,(H,22,25). The SMILES string of the molecule is COc1ccc(CNC(=S)N(C)Cc2ccc(C(F)(F)F)cc2)cc1. The number of nitrogens with zero attached hydrogens (tertiary/aromatic N) is 1. The Bertz CT molecular complexity index is 700. The molecule has 25 heavy (non-hydrogen) atoms. The second-order valence-corrected chi connectivity index (χ2v) is 5.94. The van der Waals surface area contributed by atoms with Gasteiger partial charge in [-0.1, -0.05) is 24.3 Å². The van der Waals surface area contributed by atoms with E-state index in [1.54, 1.807) is 19.1 Å². The predicted molar refractivity (Wildman–Crippen MR) is 95.3 cm³/mol. The van der Waals surface area contributed by atoms with E-state index in [9.17, 15) is 13.2 Å². The molecule has 0 fully saturated rings. The monoisotopic (exact) mass is 368 g/mol. The summed E-state index contributed by atoms with van der Waals surface area (Å²) < 4.78 is 42.8. The van der Waals surface area contributed by atoms with Crippen molar-refractivity contribution in [1.29, 1.82) is 0 Å². The molecule has 0 heterocycles. The average molecular weight is 368 g/mol. The zero-order valence-corrected chi connectivity index (χ0v) is 14.7. The lowest BCUT2D eigenvalue weighted by atomic mass is 10.1. The molecule has 0 bridgehead atoms. The number of methoxy groups -OCH3 is 1. The Hall–Kier alpha value is -2.28. The van der Waals surface area contributed by atoms with E-state index < -0.39 is 11.7 Å². The van der Waals surface area contributed by atoms with Gasteiger partial charge in [-0.15, -0.1) is 0 Å². The second-order valence-electron chi connectivity index (χ2n) is 5.56. The fraction of sp³-hybridized carbons (Fsp3) is 0.278. The molecular formula is C18H19F3N2OS. The first-order chi connectivity index (χ1) is 11.8. The zero-order valence-electron chi connectivity index (χ0n) is 13.9. The van der Waals surface area contributed by atoms with Gasteiger partial charge in [0.1, 0.15) is 5.75 Å². The van der Waals surface area contributed by atoms with Crippen LogP contribution in [0.4, 0.5) is 13.2 Å². The molecular weight excluding hydrogens is 349 g/mol. The summed E-state index contributed by atoms with van der Waals surface area (Å²) in [6, 6.07) is 12.7. The highest BCUT2D eigenvalue weighted by atomic mass is 32.1. The number of hydrogen-bond acceptors (Lipinski definition) is 2. The number of thiocarbonyl (C=S) groups is 1. The molecule has 0 spiro atoms. The van der Waals surface area contributed by atoms with E-state index in [-0.39, 0.29) is 0 Å². The Labute approximate surface area is 150 Å². The summed E-state index contributed by atoms with van der Waals surface area (Å²) in [4.78, 5) is 1.78. The topological polar surface area (TPSA) is 24.5 Å². The van der Waals surface area contributed by atoms with Gasteiger partial charge in [0.15, 0.2) is 5.11 Å². The Kier molecular flexibility index (Phi) is 6.25. The normalized spacial score (nSPS) is 11.1. The van der Waals surface area contributed by atoms with Gasteiger partial charge in [0.25, 0.3) is 0 Å². The van der Waals surface area contributed by atoms with Crippen LogP contribution in [0, 0.1) is 0 Å². The van der Waals surface area contributed by atoms with Crippen LogP contribution >= 0.6 is 12.2 Å². The molecule has 0 saturated heterocycles. The van der Waals surface area contributed by atoms with Crippen LogP contribution < -0.4 is 10.1 Å². The van der Waals surface area contributed by atoms with Crippen LogP contribution in [0.1, 0.15) is 16.7 Å². The molecule has 0 amide bonds. The number of benzene rings is 2. The number of hydrogen-bond donors (Lipinski definition) is 1. The minimum absolute atomic E-state index is 0.423. The maximum Gasteiger partial charge on any atom is 0.416 e. The highest BCUT2D eigenvalue weighted by Gasteiger charge is 2.29. The van der Waals surface area contributed by atoms with Crippen LogP contribution in [0.25, 0.3) is 0 Å². The number of halogens is 3. The maximum atomic E-state index is 12.6. The second kappa shape index (κ2) is 8.20. The lowest BCUT2D eigenvalue weighted by Gasteiger charge is -2.21. The third-order valence-electron chi connectivity index (χ3n) is 3.65. The predicted octanol–water partition coefficient (Wildman–Crippen LogP) is 4.22. The first kappa shape index (κ1) is 19.1. The molecule has 0 aliphatic carbocycles. The minimum Gasteiger partial charge on any atom is -0.497 e. The van der Waals surface area contributed by atoms with E-state index in [1.807, 2.05) is 24.3 Å². The van der Waals surface area contributed by atoms with Gasteiger partial charge in [0.2, 0.25) is 0 Å². The smallest absolute Gasteiger partial charge is 0.416 e. The lowest BCUT2D eigenvalue weighted by molar-refractivity contribution is -0.137. The number of alkyl halides is 3. The van der Waals surface area contributed by atoms with Crippen molar-refractivity contribution in [3.05, 3.63) is 65.2 Å². The van der Waals surface area contributed by atoms with Crippen LogP contribution in [-0.4, -0.2) is 24.2 Å². The first-order valence-corrected chi connectivity index (χ1v) is 7.98. The molecule has 0 unspecified atom stereocenters. The van der Waals surface area contributed by atoms with Crippen molar-refractivity contribution >= 4 is 17.3 Å². The number of rotatable bonds is 5. The Morgan fingerprint density at radius 1 is 1.04 bits per heavy atom. The van der Waals surface area contributed by atoms with E-state index in [4.69, 9.17) is 17.0 Å². The summed E-state index contributed by atoms with van der Waals surface area (Å²) >= 11 is 5.32. The van der Waals surface area contributed by atoms with Crippen molar-refractivity contribution in [3.63, 3.8) is 0 Å². The van der Waals surface area contributed by atoms with Crippen LogP contribution in [0.3, 0.4) is 0 Å². The van der Waals surface area contributed by atoms with E-state index in [1.165, 1.54) is 12.1 Å². The largest absolute Gasteiger partial charge is 0.497 e. The summed E-state index contributed by atoms with van der Waals surface area (Å²) in [5.41, 5.74) is 1.15. The summed E-state index contributed by atoms with van der Waals surface area (Å²) in [6.07, 6.45) is -4.32. The third kappa shape index (κ3) is 5.63. The van der Waals surface area contributed by atoms with E-state index in [0.29, 0.717) is 18.2 Å². The van der Waals surface area contributed by atoms with Crippen molar-refractivity contribution < 1.29 is 17.9 Å². The van der Waals surface area contributed by atoms with Gasteiger partial charge >= 0.3 is 6.18 Å². The van der Waals surface area contributed by atoms with Gasteiger partial charge in [0.05, 0.1) is 12.7 Å². The Morgan fingerprint density at radius 3 is 2.12 bits per heavy atom. The van der Waals surface area contributed by atoms with Crippen LogP contribution in [0.15, 0.2) is 48.5 Å². The van der Waals surface area contributed by atoms with Gasteiger partial charge in [0, 0.05) is 20.1 Å². The van der Waals surface area contributed by atoms with Gasteiger partial charge < -0.3 is 15.0 Å². The molecule has 2 aromatic rings. The Morgan fingerprint density at radius 2 is 1.60 bits per heavy atom. The molecule has 3 nitrogen and oxygen atoms in total. The van der Waals surface area contributed by atoms with E-state index >= 15 is 0 Å². The maximum absolute atomic E-state index is 12.6. The first-order valence-electron chi connectivity index (χ1n) is 7.57. The number of nitrogens with one attached hydrogen (secondary N) is 1. The molecule has 2 aromatic carbocycles. The highest BCUT2D eigenvalue weighted by Crippen LogP contribution is 2.29. The van der Waals surface area contributed by atoms with E-state index in [0.717, 1.165) is 29.0 Å².